The molecule has 10 heteroatoms. The highest BCUT2D eigenvalue weighted by atomic mass is 32.2. The molecule has 2 aliphatic heterocycles. The number of carbonyl (C=O) groups excluding carboxylic acids is 1. The first kappa shape index (κ1) is 23.0. The van der Waals surface area contributed by atoms with Crippen molar-refractivity contribution in [3.05, 3.63) is 77.6 Å². The second-order valence-electron chi connectivity index (χ2n) is 8.46. The average molecular weight is 498 g/mol. The summed E-state index contributed by atoms with van der Waals surface area (Å²) >= 11 is 0. The number of ether oxygens (including phenoxy) is 2. The van der Waals surface area contributed by atoms with E-state index in [1.165, 1.54) is 12.1 Å². The Kier molecular flexibility index (Phi) is 5.98. The van der Waals surface area contributed by atoms with E-state index in [1.807, 2.05) is 18.2 Å². The molecule has 3 aromatic carbocycles. The van der Waals surface area contributed by atoms with Crippen LogP contribution in [0.2, 0.25) is 0 Å². The smallest absolute Gasteiger partial charge is 0.324 e. The van der Waals surface area contributed by atoms with Crippen LogP contribution in [-0.2, 0) is 16.6 Å². The van der Waals surface area contributed by atoms with E-state index < -0.39 is 15.8 Å². The quantitative estimate of drug-likeness (QED) is 0.542. The van der Waals surface area contributed by atoms with E-state index in [0.29, 0.717) is 48.1 Å². The zero-order valence-corrected chi connectivity index (χ0v) is 19.8. The molecule has 182 valence electrons. The number of carbonyl (C=O) groups is 1. The SMILES string of the molecule is Cc1ccc(S(=O)(=O)Nc2ccc(N3CCCN(Cc4ccc5c(c4)OCO5)C3=O)cc2)cc1F. The highest BCUT2D eigenvalue weighted by Gasteiger charge is 2.27. The molecule has 0 bridgehead atoms. The van der Waals surface area contributed by atoms with Crippen LogP contribution in [0.15, 0.2) is 65.6 Å². The Morgan fingerprint density at radius 1 is 0.971 bits per heavy atom. The van der Waals surface area contributed by atoms with Crippen LogP contribution in [0.1, 0.15) is 17.5 Å². The Labute approximate surface area is 202 Å². The van der Waals surface area contributed by atoms with Gasteiger partial charge in [-0.15, -0.1) is 0 Å². The Bertz CT molecular complexity index is 1380. The lowest BCUT2D eigenvalue weighted by atomic mass is 10.1. The van der Waals surface area contributed by atoms with Gasteiger partial charge in [0.1, 0.15) is 5.82 Å². The molecule has 1 fully saturated rings. The monoisotopic (exact) mass is 497 g/mol. The zero-order valence-electron chi connectivity index (χ0n) is 19.0. The second-order valence-corrected chi connectivity index (χ2v) is 10.1. The highest BCUT2D eigenvalue weighted by molar-refractivity contribution is 7.92. The van der Waals surface area contributed by atoms with Crippen molar-refractivity contribution in [3.8, 4) is 11.5 Å². The lowest BCUT2D eigenvalue weighted by molar-refractivity contribution is 0.173. The number of hydrogen-bond acceptors (Lipinski definition) is 5. The van der Waals surface area contributed by atoms with E-state index >= 15 is 0 Å². The molecule has 0 aromatic heterocycles. The van der Waals surface area contributed by atoms with Gasteiger partial charge in [-0.05, 0) is 73.0 Å². The van der Waals surface area contributed by atoms with Gasteiger partial charge < -0.3 is 14.4 Å². The van der Waals surface area contributed by atoms with E-state index in [2.05, 4.69) is 4.72 Å². The molecule has 35 heavy (non-hydrogen) atoms. The van der Waals surface area contributed by atoms with E-state index in [0.717, 1.165) is 18.1 Å². The first-order valence-corrected chi connectivity index (χ1v) is 12.6. The average Bonchev–Trinajstić information content (AvgIpc) is 3.30. The van der Waals surface area contributed by atoms with Crippen molar-refractivity contribution in [2.45, 2.75) is 24.8 Å². The third-order valence-corrected chi connectivity index (χ3v) is 7.39. The first-order chi connectivity index (χ1) is 16.8. The molecule has 5 rings (SSSR count). The number of urea groups is 1. The summed E-state index contributed by atoms with van der Waals surface area (Å²) in [6.45, 7) is 3.40. The number of halogens is 1. The minimum Gasteiger partial charge on any atom is -0.454 e. The lowest BCUT2D eigenvalue weighted by Crippen LogP contribution is -2.49. The maximum atomic E-state index is 13.8. The minimum atomic E-state index is -3.95. The fraction of sp³-hybridized carbons (Fsp3) is 0.240. The van der Waals surface area contributed by atoms with Gasteiger partial charge in [0.15, 0.2) is 11.5 Å². The number of benzene rings is 3. The topological polar surface area (TPSA) is 88.2 Å². The largest absolute Gasteiger partial charge is 0.454 e. The Hall–Kier alpha value is -3.79. The van der Waals surface area contributed by atoms with Crippen molar-refractivity contribution in [2.24, 2.45) is 0 Å². The number of nitrogens with one attached hydrogen (secondary N) is 1. The van der Waals surface area contributed by atoms with Crippen molar-refractivity contribution in [1.82, 2.24) is 4.90 Å². The number of anilines is 2. The summed E-state index contributed by atoms with van der Waals surface area (Å²) < 4.78 is 52.3. The van der Waals surface area contributed by atoms with Crippen molar-refractivity contribution in [1.29, 1.82) is 0 Å². The van der Waals surface area contributed by atoms with Crippen molar-refractivity contribution < 1.29 is 27.1 Å². The van der Waals surface area contributed by atoms with Crippen LogP contribution < -0.4 is 19.1 Å². The van der Waals surface area contributed by atoms with Crippen LogP contribution in [0, 0.1) is 12.7 Å². The van der Waals surface area contributed by atoms with Gasteiger partial charge in [-0.2, -0.15) is 0 Å². The first-order valence-electron chi connectivity index (χ1n) is 11.1. The fourth-order valence-electron chi connectivity index (χ4n) is 4.09. The number of hydrogen-bond donors (Lipinski definition) is 1. The molecule has 3 aromatic rings. The second kappa shape index (κ2) is 9.10. The maximum absolute atomic E-state index is 13.8. The predicted octanol–water partition coefficient (Wildman–Crippen LogP) is 4.50. The maximum Gasteiger partial charge on any atom is 0.324 e. The molecule has 0 atom stereocenters. The summed E-state index contributed by atoms with van der Waals surface area (Å²) in [5.41, 5.74) is 2.29. The van der Waals surface area contributed by atoms with Gasteiger partial charge >= 0.3 is 6.03 Å². The van der Waals surface area contributed by atoms with Crippen molar-refractivity contribution >= 4 is 27.4 Å². The Morgan fingerprint density at radius 2 is 1.74 bits per heavy atom. The summed E-state index contributed by atoms with van der Waals surface area (Å²) in [5, 5.41) is 0. The fourth-order valence-corrected chi connectivity index (χ4v) is 5.16. The van der Waals surface area contributed by atoms with Crippen LogP contribution in [0.25, 0.3) is 0 Å². The molecule has 0 saturated carbocycles. The van der Waals surface area contributed by atoms with E-state index in [1.54, 1.807) is 41.0 Å². The summed E-state index contributed by atoms with van der Waals surface area (Å²) in [6, 6.07) is 15.8. The molecule has 2 amide bonds. The van der Waals surface area contributed by atoms with Gasteiger partial charge in [-0.3, -0.25) is 9.62 Å². The van der Waals surface area contributed by atoms with Crippen molar-refractivity contribution in [2.75, 3.05) is 29.5 Å². The molecule has 0 spiro atoms. The molecule has 0 unspecified atom stereocenters. The van der Waals surface area contributed by atoms with Gasteiger partial charge in [0.2, 0.25) is 6.79 Å². The third kappa shape index (κ3) is 4.74. The summed E-state index contributed by atoms with van der Waals surface area (Å²) in [7, 11) is -3.95. The minimum absolute atomic E-state index is 0.127. The molecule has 2 heterocycles. The van der Waals surface area contributed by atoms with Crippen LogP contribution in [0.3, 0.4) is 0 Å². The van der Waals surface area contributed by atoms with Gasteiger partial charge in [0.05, 0.1) is 4.90 Å². The van der Waals surface area contributed by atoms with Crippen LogP contribution >= 0.6 is 0 Å². The predicted molar refractivity (Wildman–Crippen MR) is 129 cm³/mol. The summed E-state index contributed by atoms with van der Waals surface area (Å²) in [4.78, 5) is 16.5. The number of sulfonamides is 1. The Balaban J connectivity index is 1.27. The molecular weight excluding hydrogens is 473 g/mol. The molecular formula is C25H24FN3O5S. The van der Waals surface area contributed by atoms with Gasteiger partial charge in [0, 0.05) is 31.0 Å². The molecule has 8 nitrogen and oxygen atoms in total. The zero-order chi connectivity index (χ0) is 24.6. The van der Waals surface area contributed by atoms with Gasteiger partial charge in [-0.25, -0.2) is 17.6 Å². The molecule has 0 aliphatic carbocycles. The summed E-state index contributed by atoms with van der Waals surface area (Å²) in [5.74, 6) is 0.788. The highest BCUT2D eigenvalue weighted by Crippen LogP contribution is 2.33. The lowest BCUT2D eigenvalue weighted by Gasteiger charge is -2.35. The number of aryl methyl sites for hydroxylation is 1. The van der Waals surface area contributed by atoms with Crippen LogP contribution in [0.4, 0.5) is 20.6 Å². The molecule has 2 aliphatic rings. The van der Waals surface area contributed by atoms with E-state index in [9.17, 15) is 17.6 Å². The van der Waals surface area contributed by atoms with E-state index in [-0.39, 0.29) is 17.7 Å². The third-order valence-electron chi connectivity index (χ3n) is 6.01. The van der Waals surface area contributed by atoms with Crippen molar-refractivity contribution in [3.63, 3.8) is 0 Å². The number of amides is 2. The van der Waals surface area contributed by atoms with Gasteiger partial charge in [0.25, 0.3) is 10.0 Å². The number of fused-ring (bicyclic) bond motifs is 1. The molecule has 1 saturated heterocycles. The van der Waals surface area contributed by atoms with Gasteiger partial charge in [-0.1, -0.05) is 12.1 Å². The Morgan fingerprint density at radius 3 is 2.51 bits per heavy atom. The standard InChI is InChI=1S/C25H24FN3O5S/c1-17-3-9-21(14-22(17)26)35(31,32)27-19-5-7-20(8-6-19)29-12-2-11-28(25(29)30)15-18-4-10-23-24(13-18)34-16-33-23/h3-10,13-14,27H,2,11-12,15-16H2,1H3. The molecule has 1 N–H and O–H groups in total. The number of nitrogens with zero attached hydrogens (tertiary/aromatic N) is 2. The van der Waals surface area contributed by atoms with Crippen LogP contribution in [0.5, 0.6) is 11.5 Å². The number of rotatable bonds is 6. The van der Waals surface area contributed by atoms with E-state index in [4.69, 9.17) is 9.47 Å². The normalized spacial score (nSPS) is 15.4. The summed E-state index contributed by atoms with van der Waals surface area (Å²) in [6.07, 6.45) is 0.795. The van der Waals surface area contributed by atoms with Crippen LogP contribution in [-0.4, -0.2) is 39.2 Å². The molecule has 0 radical (unpaired) electrons.